The van der Waals surface area contributed by atoms with E-state index in [1.54, 1.807) is 7.05 Å². The van der Waals surface area contributed by atoms with Crippen molar-refractivity contribution >= 4 is 29.9 Å². The maximum atomic E-state index is 5.61. The third kappa shape index (κ3) is 9.14. The fraction of sp³-hybridized carbons (Fsp3) is 0.750. The lowest BCUT2D eigenvalue weighted by Crippen LogP contribution is -2.38. The van der Waals surface area contributed by atoms with Crippen molar-refractivity contribution in [3.05, 3.63) is 18.0 Å². The monoisotopic (exact) mass is 435 g/mol. The number of ether oxygens (including phenoxy) is 1. The van der Waals surface area contributed by atoms with Crippen molar-refractivity contribution in [3.8, 4) is 0 Å². The van der Waals surface area contributed by atoms with Crippen LogP contribution in [0.15, 0.2) is 17.4 Å². The summed E-state index contributed by atoms with van der Waals surface area (Å²) in [5.74, 6) is 1.72. The summed E-state index contributed by atoms with van der Waals surface area (Å²) < 4.78 is 7.46. The van der Waals surface area contributed by atoms with E-state index in [1.165, 1.54) is 18.4 Å². The standard InChI is InChI=1S/C16H29N5O.HI/c1-17-16(19-9-4-10-22-13-14-6-7-14)18-8-3-5-15-11-20-21(2)12-15;/h11-12,14H,3-10,13H2,1-2H3,(H2,17,18,19);1H. The van der Waals surface area contributed by atoms with Gasteiger partial charge < -0.3 is 15.4 Å². The highest BCUT2D eigenvalue weighted by Gasteiger charge is 2.20. The first-order valence-corrected chi connectivity index (χ1v) is 8.27. The molecule has 7 heteroatoms. The van der Waals surface area contributed by atoms with E-state index in [9.17, 15) is 0 Å². The zero-order valence-electron chi connectivity index (χ0n) is 14.3. The van der Waals surface area contributed by atoms with Crippen LogP contribution in [0.5, 0.6) is 0 Å². The van der Waals surface area contributed by atoms with Gasteiger partial charge in [-0.25, -0.2) is 0 Å². The summed E-state index contributed by atoms with van der Waals surface area (Å²) in [5.41, 5.74) is 1.28. The molecule has 0 atom stereocenters. The SMILES string of the molecule is CN=C(NCCCOCC1CC1)NCCCc1cnn(C)c1.I. The maximum Gasteiger partial charge on any atom is 0.190 e. The van der Waals surface area contributed by atoms with Crippen LogP contribution < -0.4 is 10.6 Å². The molecule has 1 aliphatic carbocycles. The van der Waals surface area contributed by atoms with E-state index >= 15 is 0 Å². The van der Waals surface area contributed by atoms with Crippen LogP contribution in [0.3, 0.4) is 0 Å². The zero-order valence-corrected chi connectivity index (χ0v) is 16.6. The Balaban J connectivity index is 0.00000264. The second-order valence-corrected chi connectivity index (χ2v) is 5.92. The molecule has 2 rings (SSSR count). The summed E-state index contributed by atoms with van der Waals surface area (Å²) in [5, 5.41) is 10.8. The van der Waals surface area contributed by atoms with E-state index in [0.717, 1.165) is 57.4 Å². The smallest absolute Gasteiger partial charge is 0.190 e. The average Bonchev–Trinajstić information content (AvgIpc) is 3.25. The molecule has 0 aromatic carbocycles. The fourth-order valence-corrected chi connectivity index (χ4v) is 2.24. The number of hydrogen-bond acceptors (Lipinski definition) is 3. The van der Waals surface area contributed by atoms with Gasteiger partial charge in [-0.1, -0.05) is 0 Å². The van der Waals surface area contributed by atoms with Crippen molar-refractivity contribution in [2.24, 2.45) is 18.0 Å². The van der Waals surface area contributed by atoms with Crippen molar-refractivity contribution in [2.45, 2.75) is 32.1 Å². The molecule has 0 spiro atoms. The second kappa shape index (κ2) is 11.7. The fourth-order valence-electron chi connectivity index (χ4n) is 2.24. The molecule has 1 saturated carbocycles. The Morgan fingerprint density at radius 3 is 2.70 bits per heavy atom. The van der Waals surface area contributed by atoms with Crippen LogP contribution in [0.25, 0.3) is 0 Å². The number of aliphatic imine (C=N–C) groups is 1. The van der Waals surface area contributed by atoms with E-state index in [2.05, 4.69) is 26.9 Å². The number of nitrogens with zero attached hydrogens (tertiary/aromatic N) is 3. The van der Waals surface area contributed by atoms with Gasteiger partial charge in [-0.3, -0.25) is 9.67 Å². The molecule has 23 heavy (non-hydrogen) atoms. The third-order valence-corrected chi connectivity index (χ3v) is 3.73. The molecule has 0 saturated heterocycles. The van der Waals surface area contributed by atoms with Gasteiger partial charge in [0.25, 0.3) is 0 Å². The van der Waals surface area contributed by atoms with Crippen molar-refractivity contribution in [1.82, 2.24) is 20.4 Å². The van der Waals surface area contributed by atoms with E-state index in [4.69, 9.17) is 4.74 Å². The number of aromatic nitrogens is 2. The van der Waals surface area contributed by atoms with Gasteiger partial charge in [0.2, 0.25) is 0 Å². The number of nitrogens with one attached hydrogen (secondary N) is 2. The van der Waals surface area contributed by atoms with Gasteiger partial charge in [0, 0.05) is 46.6 Å². The summed E-state index contributed by atoms with van der Waals surface area (Å²) in [6.07, 6.45) is 9.82. The molecule has 1 aliphatic rings. The molecular weight excluding hydrogens is 405 g/mol. The van der Waals surface area contributed by atoms with Gasteiger partial charge in [-0.2, -0.15) is 5.10 Å². The van der Waals surface area contributed by atoms with Crippen LogP contribution in [-0.4, -0.2) is 49.1 Å². The molecule has 132 valence electrons. The largest absolute Gasteiger partial charge is 0.381 e. The molecule has 6 nitrogen and oxygen atoms in total. The summed E-state index contributed by atoms with van der Waals surface area (Å²) >= 11 is 0. The van der Waals surface area contributed by atoms with Crippen LogP contribution in [0.4, 0.5) is 0 Å². The van der Waals surface area contributed by atoms with Crippen LogP contribution in [0, 0.1) is 5.92 Å². The van der Waals surface area contributed by atoms with Gasteiger partial charge in [-0.05, 0) is 43.6 Å². The zero-order chi connectivity index (χ0) is 15.6. The lowest BCUT2D eigenvalue weighted by molar-refractivity contribution is 0.123. The van der Waals surface area contributed by atoms with Crippen molar-refractivity contribution in [2.75, 3.05) is 33.4 Å². The first-order chi connectivity index (χ1) is 10.8. The Labute approximate surface area is 156 Å². The number of hydrogen-bond donors (Lipinski definition) is 2. The first-order valence-electron chi connectivity index (χ1n) is 8.27. The van der Waals surface area contributed by atoms with Crippen LogP contribution in [0.1, 0.15) is 31.2 Å². The molecule has 1 aromatic rings. The van der Waals surface area contributed by atoms with Gasteiger partial charge in [0.15, 0.2) is 5.96 Å². The molecule has 0 unspecified atom stereocenters. The molecule has 0 radical (unpaired) electrons. The van der Waals surface area contributed by atoms with Gasteiger partial charge >= 0.3 is 0 Å². The predicted molar refractivity (Wildman–Crippen MR) is 104 cm³/mol. The topological polar surface area (TPSA) is 63.5 Å². The van der Waals surface area contributed by atoms with Gasteiger partial charge in [-0.15, -0.1) is 24.0 Å². The average molecular weight is 435 g/mol. The third-order valence-electron chi connectivity index (χ3n) is 3.73. The van der Waals surface area contributed by atoms with Crippen LogP contribution in [0.2, 0.25) is 0 Å². The van der Waals surface area contributed by atoms with E-state index in [-0.39, 0.29) is 24.0 Å². The minimum atomic E-state index is 0. The van der Waals surface area contributed by atoms with E-state index in [0.29, 0.717) is 0 Å². The summed E-state index contributed by atoms with van der Waals surface area (Å²) in [6, 6.07) is 0. The molecule has 1 fully saturated rings. The Hall–Kier alpha value is -0.830. The molecule has 0 amide bonds. The second-order valence-electron chi connectivity index (χ2n) is 5.92. The Kier molecular flexibility index (Phi) is 10.3. The highest BCUT2D eigenvalue weighted by molar-refractivity contribution is 14.0. The summed E-state index contributed by atoms with van der Waals surface area (Å²) in [4.78, 5) is 4.23. The summed E-state index contributed by atoms with van der Waals surface area (Å²) in [6.45, 7) is 3.59. The first kappa shape index (κ1) is 20.2. The molecule has 0 aliphatic heterocycles. The van der Waals surface area contributed by atoms with E-state index < -0.39 is 0 Å². The quantitative estimate of drug-likeness (QED) is 0.255. The minimum absolute atomic E-state index is 0. The number of aryl methyl sites for hydroxylation is 2. The van der Waals surface area contributed by atoms with Crippen molar-refractivity contribution in [3.63, 3.8) is 0 Å². The predicted octanol–water partition coefficient (Wildman–Crippen LogP) is 1.95. The molecule has 0 bridgehead atoms. The number of rotatable bonds is 10. The highest BCUT2D eigenvalue weighted by Crippen LogP contribution is 2.28. The van der Waals surface area contributed by atoms with Crippen molar-refractivity contribution in [1.29, 1.82) is 0 Å². The van der Waals surface area contributed by atoms with Crippen molar-refractivity contribution < 1.29 is 4.74 Å². The van der Waals surface area contributed by atoms with Gasteiger partial charge in [0.1, 0.15) is 0 Å². The van der Waals surface area contributed by atoms with Crippen LogP contribution >= 0.6 is 24.0 Å². The number of halogens is 1. The van der Waals surface area contributed by atoms with Gasteiger partial charge in [0.05, 0.1) is 6.20 Å². The highest BCUT2D eigenvalue weighted by atomic mass is 127. The summed E-state index contributed by atoms with van der Waals surface area (Å²) in [7, 11) is 3.75. The lowest BCUT2D eigenvalue weighted by atomic mass is 10.2. The number of guanidine groups is 1. The maximum absolute atomic E-state index is 5.61. The van der Waals surface area contributed by atoms with E-state index in [1.807, 2.05) is 17.9 Å². The lowest BCUT2D eigenvalue weighted by Gasteiger charge is -2.11. The molecule has 2 N–H and O–H groups in total. The molecular formula is C16H30IN5O. The molecule has 1 aromatic heterocycles. The molecule has 1 heterocycles. The van der Waals surface area contributed by atoms with Crippen LogP contribution in [-0.2, 0) is 18.2 Å². The Bertz CT molecular complexity index is 459. The Morgan fingerprint density at radius 2 is 2.09 bits per heavy atom. The normalized spacial score (nSPS) is 14.4. The Morgan fingerprint density at radius 1 is 1.35 bits per heavy atom. The minimum Gasteiger partial charge on any atom is -0.381 e.